The first kappa shape index (κ1) is 15.5. The molecule has 0 spiro atoms. The summed E-state index contributed by atoms with van der Waals surface area (Å²) in [4.78, 5) is 0. The molecule has 0 radical (unpaired) electrons. The molecule has 0 aliphatic carbocycles. The third kappa shape index (κ3) is 4.33. The molecule has 0 fully saturated rings. The summed E-state index contributed by atoms with van der Waals surface area (Å²) in [5.41, 5.74) is 2.49. The van der Waals surface area contributed by atoms with Gasteiger partial charge in [0.2, 0.25) is 0 Å². The summed E-state index contributed by atoms with van der Waals surface area (Å²) >= 11 is 7.03. The summed E-state index contributed by atoms with van der Waals surface area (Å²) in [6.07, 6.45) is 1.03. The van der Waals surface area contributed by atoms with E-state index >= 15 is 0 Å². The average Bonchev–Trinajstić information content (AvgIpc) is 2.44. The Bertz CT molecular complexity index is 558. The van der Waals surface area contributed by atoms with Gasteiger partial charge in [0.15, 0.2) is 0 Å². The van der Waals surface area contributed by atoms with Crippen molar-refractivity contribution in [2.24, 2.45) is 0 Å². The highest BCUT2D eigenvalue weighted by atomic mass is 79.9. The Morgan fingerprint density at radius 1 is 1.10 bits per heavy atom. The van der Waals surface area contributed by atoms with Crippen molar-refractivity contribution < 1.29 is 4.74 Å². The Balaban J connectivity index is 1.91. The highest BCUT2D eigenvalue weighted by Crippen LogP contribution is 2.32. The van der Waals surface area contributed by atoms with E-state index in [1.807, 2.05) is 12.1 Å². The Kier molecular flexibility index (Phi) is 6.07. The topological polar surface area (TPSA) is 21.3 Å². The predicted octanol–water partition coefficient (Wildman–Crippen LogP) is 4.55. The summed E-state index contributed by atoms with van der Waals surface area (Å²) in [6, 6.07) is 14.6. The highest BCUT2D eigenvalue weighted by molar-refractivity contribution is 9.11. The van der Waals surface area contributed by atoms with Gasteiger partial charge in [-0.3, -0.25) is 0 Å². The van der Waals surface area contributed by atoms with Crippen LogP contribution in [0.25, 0.3) is 0 Å². The molecule has 0 bridgehead atoms. The molecule has 2 aromatic rings. The van der Waals surface area contributed by atoms with Crippen LogP contribution in [-0.4, -0.2) is 13.7 Å². The van der Waals surface area contributed by atoms with Gasteiger partial charge in [0.1, 0.15) is 5.75 Å². The van der Waals surface area contributed by atoms with Gasteiger partial charge in [-0.15, -0.1) is 0 Å². The molecule has 0 aliphatic heterocycles. The van der Waals surface area contributed by atoms with Crippen LogP contribution in [-0.2, 0) is 13.0 Å². The lowest BCUT2D eigenvalue weighted by atomic mass is 10.1. The van der Waals surface area contributed by atoms with Crippen LogP contribution in [0.4, 0.5) is 0 Å². The van der Waals surface area contributed by atoms with Crippen LogP contribution in [0, 0.1) is 0 Å². The fraction of sp³-hybridized carbons (Fsp3) is 0.250. The van der Waals surface area contributed by atoms with E-state index in [2.05, 4.69) is 67.5 Å². The number of benzene rings is 2. The lowest BCUT2D eigenvalue weighted by molar-refractivity contribution is 0.405. The standard InChI is InChI=1S/C16H17Br2NO/c1-20-16-13(9-14(17)10-15(16)18)11-19-8-7-12-5-3-2-4-6-12/h2-6,9-10,19H,7-8,11H2,1H3. The molecule has 0 heterocycles. The number of ether oxygens (including phenoxy) is 1. The monoisotopic (exact) mass is 397 g/mol. The quantitative estimate of drug-likeness (QED) is 0.720. The van der Waals surface area contributed by atoms with Gasteiger partial charge in [0.25, 0.3) is 0 Å². The van der Waals surface area contributed by atoms with Crippen LogP contribution in [0.2, 0.25) is 0 Å². The van der Waals surface area contributed by atoms with Crippen molar-refractivity contribution >= 4 is 31.9 Å². The van der Waals surface area contributed by atoms with Crippen LogP contribution in [0.15, 0.2) is 51.4 Å². The van der Waals surface area contributed by atoms with Crippen molar-refractivity contribution in [3.8, 4) is 5.75 Å². The Hall–Kier alpha value is -0.840. The smallest absolute Gasteiger partial charge is 0.137 e. The molecular weight excluding hydrogens is 382 g/mol. The first-order valence-electron chi connectivity index (χ1n) is 6.47. The summed E-state index contributed by atoms with van der Waals surface area (Å²) in [5.74, 6) is 0.889. The fourth-order valence-electron chi connectivity index (χ4n) is 2.07. The van der Waals surface area contributed by atoms with Crippen LogP contribution < -0.4 is 10.1 Å². The number of halogens is 2. The Morgan fingerprint density at radius 3 is 2.55 bits per heavy atom. The minimum absolute atomic E-state index is 0.786. The van der Waals surface area contributed by atoms with E-state index in [1.54, 1.807) is 7.11 Å². The molecule has 2 aromatic carbocycles. The molecule has 0 atom stereocenters. The summed E-state index contributed by atoms with van der Waals surface area (Å²) in [7, 11) is 1.70. The highest BCUT2D eigenvalue weighted by Gasteiger charge is 2.08. The van der Waals surface area contributed by atoms with Gasteiger partial charge in [-0.2, -0.15) is 0 Å². The summed E-state index contributed by atoms with van der Waals surface area (Å²) in [5, 5.41) is 3.46. The van der Waals surface area contributed by atoms with Gasteiger partial charge in [-0.25, -0.2) is 0 Å². The minimum Gasteiger partial charge on any atom is -0.495 e. The van der Waals surface area contributed by atoms with Crippen LogP contribution in [0.5, 0.6) is 5.75 Å². The second-order valence-electron chi connectivity index (χ2n) is 4.49. The van der Waals surface area contributed by atoms with Crippen molar-refractivity contribution in [1.29, 1.82) is 0 Å². The lowest BCUT2D eigenvalue weighted by Crippen LogP contribution is -2.17. The molecule has 1 N–H and O–H groups in total. The van der Waals surface area contributed by atoms with Gasteiger partial charge in [-0.05, 0) is 46.6 Å². The molecule has 2 rings (SSSR count). The number of nitrogens with one attached hydrogen (secondary N) is 1. The zero-order valence-corrected chi connectivity index (χ0v) is 14.5. The average molecular weight is 399 g/mol. The molecular formula is C16H17Br2NO. The number of rotatable bonds is 6. The van der Waals surface area contributed by atoms with E-state index in [4.69, 9.17) is 4.74 Å². The normalized spacial score (nSPS) is 10.6. The van der Waals surface area contributed by atoms with Gasteiger partial charge >= 0.3 is 0 Å². The van der Waals surface area contributed by atoms with Crippen LogP contribution in [0.1, 0.15) is 11.1 Å². The zero-order chi connectivity index (χ0) is 14.4. The maximum absolute atomic E-state index is 5.44. The maximum atomic E-state index is 5.44. The fourth-order valence-corrected chi connectivity index (χ4v) is 3.55. The molecule has 0 aliphatic rings. The first-order chi connectivity index (χ1) is 9.70. The van der Waals surface area contributed by atoms with E-state index in [0.29, 0.717) is 0 Å². The van der Waals surface area contributed by atoms with E-state index < -0.39 is 0 Å². The molecule has 4 heteroatoms. The second-order valence-corrected chi connectivity index (χ2v) is 6.26. The SMILES string of the molecule is COc1c(Br)cc(Br)cc1CNCCc1ccccc1. The minimum atomic E-state index is 0.786. The van der Waals surface area contributed by atoms with Crippen molar-refractivity contribution in [2.75, 3.05) is 13.7 Å². The van der Waals surface area contributed by atoms with Gasteiger partial charge in [-0.1, -0.05) is 46.3 Å². The van der Waals surface area contributed by atoms with Crippen molar-refractivity contribution in [1.82, 2.24) is 5.32 Å². The lowest BCUT2D eigenvalue weighted by Gasteiger charge is -2.12. The van der Waals surface area contributed by atoms with Gasteiger partial charge in [0, 0.05) is 16.6 Å². The van der Waals surface area contributed by atoms with E-state index in [-0.39, 0.29) is 0 Å². The largest absolute Gasteiger partial charge is 0.495 e. The zero-order valence-electron chi connectivity index (χ0n) is 11.3. The number of methoxy groups -OCH3 is 1. The molecule has 0 saturated carbocycles. The first-order valence-corrected chi connectivity index (χ1v) is 8.06. The van der Waals surface area contributed by atoms with Crippen molar-refractivity contribution in [3.05, 3.63) is 62.5 Å². The van der Waals surface area contributed by atoms with Crippen molar-refractivity contribution in [3.63, 3.8) is 0 Å². The second kappa shape index (κ2) is 7.81. The number of hydrogen-bond donors (Lipinski definition) is 1. The molecule has 2 nitrogen and oxygen atoms in total. The van der Waals surface area contributed by atoms with Gasteiger partial charge < -0.3 is 10.1 Å². The molecule has 0 aromatic heterocycles. The molecule has 0 saturated heterocycles. The predicted molar refractivity (Wildman–Crippen MR) is 90.2 cm³/mol. The van der Waals surface area contributed by atoms with Gasteiger partial charge in [0.05, 0.1) is 11.6 Å². The molecule has 0 amide bonds. The Morgan fingerprint density at radius 2 is 1.85 bits per heavy atom. The maximum Gasteiger partial charge on any atom is 0.137 e. The molecule has 20 heavy (non-hydrogen) atoms. The van der Waals surface area contributed by atoms with E-state index in [0.717, 1.165) is 39.8 Å². The molecule has 0 unspecified atom stereocenters. The summed E-state index contributed by atoms with van der Waals surface area (Å²) < 4.78 is 7.45. The van der Waals surface area contributed by atoms with Crippen LogP contribution in [0.3, 0.4) is 0 Å². The van der Waals surface area contributed by atoms with Crippen molar-refractivity contribution in [2.45, 2.75) is 13.0 Å². The third-order valence-electron chi connectivity index (χ3n) is 3.04. The molecule has 106 valence electrons. The number of hydrogen-bond acceptors (Lipinski definition) is 2. The van der Waals surface area contributed by atoms with Crippen LogP contribution >= 0.6 is 31.9 Å². The summed E-state index contributed by atoms with van der Waals surface area (Å²) in [6.45, 7) is 1.73. The third-order valence-corrected chi connectivity index (χ3v) is 4.09. The Labute approximate surface area is 136 Å². The van der Waals surface area contributed by atoms with E-state index in [1.165, 1.54) is 5.56 Å². The van der Waals surface area contributed by atoms with E-state index in [9.17, 15) is 0 Å².